The first kappa shape index (κ1) is 18.7. The van der Waals surface area contributed by atoms with Crippen LogP contribution < -0.4 is 15.1 Å². The number of carbonyl (C=O) groups is 1. The van der Waals surface area contributed by atoms with E-state index in [1.54, 1.807) is 4.90 Å². The first-order valence-corrected chi connectivity index (χ1v) is 9.22. The molecule has 1 aromatic carbocycles. The van der Waals surface area contributed by atoms with Crippen molar-refractivity contribution in [3.63, 3.8) is 0 Å². The van der Waals surface area contributed by atoms with Crippen LogP contribution in [0.15, 0.2) is 36.4 Å². The fourth-order valence-corrected chi connectivity index (χ4v) is 2.96. The molecule has 2 rings (SSSR count). The zero-order chi connectivity index (χ0) is 17.4. The minimum absolute atomic E-state index is 0.193. The predicted molar refractivity (Wildman–Crippen MR) is 99.0 cm³/mol. The molecule has 1 atom stereocenters. The second-order valence-electron chi connectivity index (χ2n) is 7.29. The minimum Gasteiger partial charge on any atom is -0.348 e. The van der Waals surface area contributed by atoms with Crippen molar-refractivity contribution in [2.24, 2.45) is 5.92 Å². The number of hydrogen-bond donors (Lipinski definition) is 3. The van der Waals surface area contributed by atoms with E-state index in [1.165, 1.54) is 10.5 Å². The summed E-state index contributed by atoms with van der Waals surface area (Å²) in [5.74, 6) is 0.681. The number of benzene rings is 1. The van der Waals surface area contributed by atoms with E-state index in [1.807, 2.05) is 6.07 Å². The third-order valence-electron chi connectivity index (χ3n) is 4.98. The smallest absolute Gasteiger partial charge is 0.275 e. The Morgan fingerprint density at radius 1 is 1.08 bits per heavy atom. The van der Waals surface area contributed by atoms with Crippen LogP contribution in [-0.4, -0.2) is 51.2 Å². The summed E-state index contributed by atoms with van der Waals surface area (Å²) >= 11 is 0. The van der Waals surface area contributed by atoms with Crippen LogP contribution >= 0.6 is 0 Å². The summed E-state index contributed by atoms with van der Waals surface area (Å²) in [6.45, 7) is 12.5. The largest absolute Gasteiger partial charge is 0.348 e. The number of rotatable bonds is 7. The highest BCUT2D eigenvalue weighted by atomic mass is 16.2. The summed E-state index contributed by atoms with van der Waals surface area (Å²) in [6, 6.07) is 10.7. The van der Waals surface area contributed by atoms with Crippen molar-refractivity contribution in [3.05, 3.63) is 42.0 Å². The van der Waals surface area contributed by atoms with Crippen molar-refractivity contribution >= 4 is 12.0 Å². The molecule has 1 aliphatic heterocycles. The van der Waals surface area contributed by atoms with E-state index >= 15 is 0 Å². The lowest BCUT2D eigenvalue weighted by atomic mass is 10.1. The summed E-state index contributed by atoms with van der Waals surface area (Å²) in [4.78, 5) is 15.1. The topological polar surface area (TPSA) is 38.0 Å². The molecule has 1 amide bonds. The van der Waals surface area contributed by atoms with Gasteiger partial charge in [-0.2, -0.15) is 0 Å². The molecule has 4 nitrogen and oxygen atoms in total. The second kappa shape index (κ2) is 9.60. The van der Waals surface area contributed by atoms with E-state index in [9.17, 15) is 4.79 Å². The standard InChI is InChI=1S/C20H31N3O/c1-17(2)18(3)21-20(24)16-23-14-12-22(13-15-23)11-7-10-19-8-5-4-6-9-19/h4-10,17-18H,11-16H2,1-3H3,(H,21,24)/p+2/b10-7+/t18-/m0/s1. The van der Waals surface area contributed by atoms with Gasteiger partial charge in [0.05, 0.1) is 6.54 Å². The monoisotopic (exact) mass is 331 g/mol. The van der Waals surface area contributed by atoms with Gasteiger partial charge in [-0.1, -0.05) is 50.3 Å². The Balaban J connectivity index is 1.66. The normalized spacial score (nSPS) is 22.7. The molecule has 0 unspecified atom stereocenters. The van der Waals surface area contributed by atoms with Crippen molar-refractivity contribution in [1.82, 2.24) is 5.32 Å². The van der Waals surface area contributed by atoms with Crippen molar-refractivity contribution in [3.8, 4) is 0 Å². The Bertz CT molecular complexity index is 519. The lowest BCUT2D eigenvalue weighted by Crippen LogP contribution is -3.28. The number of piperazine rings is 1. The predicted octanol–water partition coefficient (Wildman–Crippen LogP) is -0.356. The van der Waals surface area contributed by atoms with Crippen molar-refractivity contribution in [1.29, 1.82) is 0 Å². The van der Waals surface area contributed by atoms with Crippen LogP contribution in [0.1, 0.15) is 26.3 Å². The van der Waals surface area contributed by atoms with Gasteiger partial charge in [-0.25, -0.2) is 0 Å². The molecule has 3 N–H and O–H groups in total. The van der Waals surface area contributed by atoms with Gasteiger partial charge in [-0.05, 0) is 24.5 Å². The van der Waals surface area contributed by atoms with Crippen LogP contribution in [0.3, 0.4) is 0 Å². The molecule has 0 saturated carbocycles. The first-order valence-electron chi connectivity index (χ1n) is 9.22. The van der Waals surface area contributed by atoms with Gasteiger partial charge in [-0.3, -0.25) is 4.79 Å². The molecular formula is C20H33N3O+2. The second-order valence-corrected chi connectivity index (χ2v) is 7.29. The summed E-state index contributed by atoms with van der Waals surface area (Å²) in [5.41, 5.74) is 1.26. The fraction of sp³-hybridized carbons (Fsp3) is 0.550. The van der Waals surface area contributed by atoms with Crippen LogP contribution in [0.4, 0.5) is 0 Å². The third-order valence-corrected chi connectivity index (χ3v) is 4.98. The number of hydrogen-bond acceptors (Lipinski definition) is 1. The molecule has 0 aromatic heterocycles. The molecule has 1 fully saturated rings. The Morgan fingerprint density at radius 3 is 2.33 bits per heavy atom. The summed E-state index contributed by atoms with van der Waals surface area (Å²) in [5, 5.41) is 3.11. The van der Waals surface area contributed by atoms with E-state index in [2.05, 4.69) is 62.5 Å². The van der Waals surface area contributed by atoms with Crippen LogP contribution in [0.5, 0.6) is 0 Å². The molecular weight excluding hydrogens is 298 g/mol. The Kier molecular flexibility index (Phi) is 7.47. The lowest BCUT2D eigenvalue weighted by molar-refractivity contribution is -1.01. The first-order chi connectivity index (χ1) is 11.5. The molecule has 24 heavy (non-hydrogen) atoms. The van der Waals surface area contributed by atoms with E-state index in [-0.39, 0.29) is 11.9 Å². The van der Waals surface area contributed by atoms with Gasteiger partial charge in [0.15, 0.2) is 6.54 Å². The van der Waals surface area contributed by atoms with Crippen LogP contribution in [0.25, 0.3) is 6.08 Å². The molecule has 0 bridgehead atoms. The van der Waals surface area contributed by atoms with E-state index in [0.717, 1.165) is 32.7 Å². The average Bonchev–Trinajstić information content (AvgIpc) is 2.57. The van der Waals surface area contributed by atoms with Gasteiger partial charge in [-0.15, -0.1) is 0 Å². The van der Waals surface area contributed by atoms with E-state index in [4.69, 9.17) is 0 Å². The molecule has 1 saturated heterocycles. The Labute approximate surface area is 146 Å². The Morgan fingerprint density at radius 2 is 1.71 bits per heavy atom. The zero-order valence-corrected chi connectivity index (χ0v) is 15.3. The highest BCUT2D eigenvalue weighted by Gasteiger charge is 2.24. The van der Waals surface area contributed by atoms with Gasteiger partial charge in [0.25, 0.3) is 5.91 Å². The minimum atomic E-state index is 0.193. The average molecular weight is 332 g/mol. The molecule has 132 valence electrons. The highest BCUT2D eigenvalue weighted by molar-refractivity contribution is 5.77. The molecule has 1 heterocycles. The molecule has 0 aliphatic carbocycles. The van der Waals surface area contributed by atoms with Crippen LogP contribution in [0, 0.1) is 5.92 Å². The molecule has 0 spiro atoms. The number of quaternary nitrogens is 2. The van der Waals surface area contributed by atoms with Crippen molar-refractivity contribution in [2.45, 2.75) is 26.8 Å². The maximum atomic E-state index is 12.1. The summed E-state index contributed by atoms with van der Waals surface area (Å²) < 4.78 is 0. The fourth-order valence-electron chi connectivity index (χ4n) is 2.96. The number of carbonyl (C=O) groups excluding carboxylic acids is 1. The van der Waals surface area contributed by atoms with Gasteiger partial charge >= 0.3 is 0 Å². The third kappa shape index (κ3) is 6.46. The van der Waals surface area contributed by atoms with E-state index < -0.39 is 0 Å². The zero-order valence-electron chi connectivity index (χ0n) is 15.3. The number of amides is 1. The molecule has 1 aliphatic rings. The summed E-state index contributed by atoms with van der Waals surface area (Å²) in [7, 11) is 0. The van der Waals surface area contributed by atoms with Crippen molar-refractivity contribution in [2.75, 3.05) is 39.3 Å². The highest BCUT2D eigenvalue weighted by Crippen LogP contribution is 2.00. The van der Waals surface area contributed by atoms with Crippen molar-refractivity contribution < 1.29 is 14.6 Å². The van der Waals surface area contributed by atoms with Gasteiger partial charge in [0, 0.05) is 6.04 Å². The van der Waals surface area contributed by atoms with Gasteiger partial charge in [0.2, 0.25) is 0 Å². The summed E-state index contributed by atoms with van der Waals surface area (Å²) in [6.07, 6.45) is 4.47. The maximum absolute atomic E-state index is 12.1. The quantitative estimate of drug-likeness (QED) is 0.627. The maximum Gasteiger partial charge on any atom is 0.275 e. The van der Waals surface area contributed by atoms with Crippen LogP contribution in [-0.2, 0) is 4.79 Å². The Hall–Kier alpha value is -1.65. The van der Waals surface area contributed by atoms with E-state index in [0.29, 0.717) is 12.5 Å². The molecule has 0 radical (unpaired) electrons. The number of nitrogens with one attached hydrogen (secondary N) is 3. The van der Waals surface area contributed by atoms with Gasteiger partial charge in [0.1, 0.15) is 26.2 Å². The molecule has 4 heteroatoms. The van der Waals surface area contributed by atoms with Crippen LogP contribution in [0.2, 0.25) is 0 Å². The van der Waals surface area contributed by atoms with Gasteiger partial charge < -0.3 is 15.1 Å². The molecule has 1 aromatic rings. The SMILES string of the molecule is CC(C)[C@H](C)NC(=O)C[NH+]1CC[NH+](C/C=C/c2ccccc2)CC1. The lowest BCUT2D eigenvalue weighted by Gasteiger charge is -2.29.